The number of aryl methyl sites for hydroxylation is 1. The molecule has 5 rings (SSSR count). The van der Waals surface area contributed by atoms with Gasteiger partial charge in [-0.3, -0.25) is 14.4 Å². The summed E-state index contributed by atoms with van der Waals surface area (Å²) in [5, 5.41) is 9.86. The number of unbranched alkanes of at least 4 members (excludes halogenated alkanes) is 1. The highest BCUT2D eigenvalue weighted by Crippen LogP contribution is 2.35. The molecule has 3 heterocycles. The van der Waals surface area contributed by atoms with E-state index < -0.39 is 5.97 Å². The van der Waals surface area contributed by atoms with Crippen LogP contribution in [0, 0.1) is 0 Å². The van der Waals surface area contributed by atoms with Crippen LogP contribution in [-0.4, -0.2) is 79.4 Å². The fraction of sp³-hybridized carbons (Fsp3) is 0.353. The lowest BCUT2D eigenvalue weighted by Crippen LogP contribution is -2.33. The first-order valence-electron chi connectivity index (χ1n) is 15.6. The first-order valence-corrected chi connectivity index (χ1v) is 17.0. The third-order valence-corrected chi connectivity index (χ3v) is 9.25. The Morgan fingerprint density at radius 1 is 1.00 bits per heavy atom. The van der Waals surface area contributed by atoms with Crippen LogP contribution in [0.15, 0.2) is 48.7 Å². The summed E-state index contributed by atoms with van der Waals surface area (Å²) in [6.07, 6.45) is 4.13. The van der Waals surface area contributed by atoms with E-state index in [0.29, 0.717) is 70.8 Å². The van der Waals surface area contributed by atoms with Crippen molar-refractivity contribution in [3.8, 4) is 11.5 Å². The molecule has 0 atom stereocenters. The maximum atomic E-state index is 13.2. The van der Waals surface area contributed by atoms with E-state index in [-0.39, 0.29) is 30.7 Å². The van der Waals surface area contributed by atoms with Gasteiger partial charge in [0.1, 0.15) is 10.6 Å². The van der Waals surface area contributed by atoms with Crippen LogP contribution in [0.1, 0.15) is 56.2 Å². The SMILES string of the molecule is COC(=O)c1cc2cc(NC(=O)c3cc(NC(=O)CCCOc4cc5c(cc4OC)C(=O)N(CCCCS)CCN5)cn3C)ccc2s1. The number of nitrogens with zero attached hydrogens (tertiary/aromatic N) is 2. The van der Waals surface area contributed by atoms with Crippen molar-refractivity contribution in [1.29, 1.82) is 0 Å². The summed E-state index contributed by atoms with van der Waals surface area (Å²) in [4.78, 5) is 53.2. The summed E-state index contributed by atoms with van der Waals surface area (Å²) >= 11 is 5.58. The van der Waals surface area contributed by atoms with Crippen LogP contribution in [0.2, 0.25) is 0 Å². The number of amides is 3. The van der Waals surface area contributed by atoms with Crippen molar-refractivity contribution in [2.45, 2.75) is 25.7 Å². The monoisotopic (exact) mass is 693 g/mol. The van der Waals surface area contributed by atoms with E-state index in [1.165, 1.54) is 25.6 Å². The maximum Gasteiger partial charge on any atom is 0.348 e. The van der Waals surface area contributed by atoms with Gasteiger partial charge >= 0.3 is 5.97 Å². The van der Waals surface area contributed by atoms with Gasteiger partial charge in [-0.2, -0.15) is 12.6 Å². The standard InChI is InChI=1S/C34H39N5O7S2/c1-38-20-23(17-26(38)32(41)37-22-8-9-29-21(15-22)16-30(48-29)34(43)45-3)36-31(40)7-6-13-46-28-19-25-24(18-27(28)44-2)33(42)39(12-10-35-25)11-4-5-14-47/h8-9,15-20,35,47H,4-7,10-14H2,1-3H3,(H,36,40)(H,37,41). The molecule has 1 aliphatic heterocycles. The Kier molecular flexibility index (Phi) is 11.5. The van der Waals surface area contributed by atoms with Crippen LogP contribution in [-0.2, 0) is 16.6 Å². The van der Waals surface area contributed by atoms with Gasteiger partial charge in [-0.25, -0.2) is 4.79 Å². The highest BCUT2D eigenvalue weighted by Gasteiger charge is 2.25. The number of carbonyl (C=O) groups excluding carboxylic acids is 4. The molecule has 2 aromatic carbocycles. The second-order valence-corrected chi connectivity index (χ2v) is 12.8. The number of rotatable bonds is 14. The number of carbonyl (C=O) groups is 4. The predicted octanol–water partition coefficient (Wildman–Crippen LogP) is 5.66. The van der Waals surface area contributed by atoms with Crippen LogP contribution in [0.4, 0.5) is 17.1 Å². The maximum absolute atomic E-state index is 13.2. The predicted molar refractivity (Wildman–Crippen MR) is 190 cm³/mol. The van der Waals surface area contributed by atoms with Gasteiger partial charge in [-0.15, -0.1) is 11.3 Å². The number of hydrogen-bond donors (Lipinski definition) is 4. The van der Waals surface area contributed by atoms with Gasteiger partial charge in [0, 0.05) is 55.8 Å². The number of thiophene rings is 1. The summed E-state index contributed by atoms with van der Waals surface area (Å²) in [6.45, 7) is 2.16. The second-order valence-electron chi connectivity index (χ2n) is 11.2. The molecule has 48 heavy (non-hydrogen) atoms. The second kappa shape index (κ2) is 15.9. The molecule has 0 aliphatic carbocycles. The average molecular weight is 694 g/mol. The zero-order chi connectivity index (χ0) is 34.2. The van der Waals surface area contributed by atoms with Gasteiger partial charge in [0.25, 0.3) is 11.8 Å². The van der Waals surface area contributed by atoms with Crippen molar-refractivity contribution in [2.24, 2.45) is 7.05 Å². The van der Waals surface area contributed by atoms with E-state index in [0.717, 1.165) is 28.7 Å². The molecule has 0 radical (unpaired) electrons. The number of aromatic nitrogens is 1. The van der Waals surface area contributed by atoms with E-state index in [1.54, 1.807) is 54.2 Å². The Morgan fingerprint density at radius 2 is 1.83 bits per heavy atom. The molecule has 0 unspecified atom stereocenters. The average Bonchev–Trinajstić information content (AvgIpc) is 3.63. The molecule has 1 aliphatic rings. The first-order chi connectivity index (χ1) is 23.2. The number of anilines is 3. The Bertz CT molecular complexity index is 1820. The summed E-state index contributed by atoms with van der Waals surface area (Å²) in [5.41, 5.74) is 2.65. The molecule has 0 saturated heterocycles. The first kappa shape index (κ1) is 34.6. The molecule has 2 aromatic heterocycles. The lowest BCUT2D eigenvalue weighted by molar-refractivity contribution is -0.116. The van der Waals surface area contributed by atoms with Crippen LogP contribution < -0.4 is 25.4 Å². The highest BCUT2D eigenvalue weighted by atomic mass is 32.1. The smallest absolute Gasteiger partial charge is 0.348 e. The van der Waals surface area contributed by atoms with Gasteiger partial charge < -0.3 is 39.6 Å². The number of fused-ring (bicyclic) bond motifs is 2. The van der Waals surface area contributed by atoms with Gasteiger partial charge in [0.15, 0.2) is 11.5 Å². The van der Waals surface area contributed by atoms with Gasteiger partial charge in [0.2, 0.25) is 5.91 Å². The largest absolute Gasteiger partial charge is 0.493 e. The van der Waals surface area contributed by atoms with Crippen molar-refractivity contribution in [2.75, 3.05) is 62.2 Å². The molecule has 254 valence electrons. The van der Waals surface area contributed by atoms with Gasteiger partial charge in [-0.1, -0.05) is 0 Å². The number of ether oxygens (including phenoxy) is 3. The lowest BCUT2D eigenvalue weighted by atomic mass is 10.1. The Morgan fingerprint density at radius 3 is 2.60 bits per heavy atom. The molecule has 0 fully saturated rings. The Labute approximate surface area is 288 Å². The minimum atomic E-state index is -0.406. The highest BCUT2D eigenvalue weighted by molar-refractivity contribution is 7.80. The Hall–Kier alpha value is -4.69. The van der Waals surface area contributed by atoms with Crippen molar-refractivity contribution in [3.05, 3.63) is 64.8 Å². The summed E-state index contributed by atoms with van der Waals surface area (Å²) in [5.74, 6) is 0.700. The Balaban J connectivity index is 1.13. The van der Waals surface area contributed by atoms with Crippen LogP contribution in [0.5, 0.6) is 11.5 Å². The number of thiol groups is 1. The fourth-order valence-electron chi connectivity index (χ4n) is 5.40. The molecular formula is C34H39N5O7S2. The van der Waals surface area contributed by atoms with Crippen molar-refractivity contribution >= 4 is 74.8 Å². The van der Waals surface area contributed by atoms with E-state index in [9.17, 15) is 19.2 Å². The molecule has 3 N–H and O–H groups in total. The summed E-state index contributed by atoms with van der Waals surface area (Å²) < 4.78 is 18.8. The molecule has 0 spiro atoms. The zero-order valence-corrected chi connectivity index (χ0v) is 28.8. The van der Waals surface area contributed by atoms with E-state index in [1.807, 2.05) is 11.0 Å². The fourth-order valence-corrected chi connectivity index (χ4v) is 6.58. The number of methoxy groups -OCH3 is 2. The van der Waals surface area contributed by atoms with Crippen LogP contribution in [0.3, 0.4) is 0 Å². The van der Waals surface area contributed by atoms with Crippen molar-refractivity contribution < 1.29 is 33.4 Å². The van der Waals surface area contributed by atoms with Gasteiger partial charge in [-0.05, 0) is 66.8 Å². The quantitative estimate of drug-likeness (QED) is 0.0754. The lowest BCUT2D eigenvalue weighted by Gasteiger charge is -2.20. The topological polar surface area (TPSA) is 140 Å². The number of nitrogens with one attached hydrogen (secondary N) is 3. The molecule has 3 amide bonds. The summed E-state index contributed by atoms with van der Waals surface area (Å²) in [6, 6.07) is 12.2. The molecule has 0 bridgehead atoms. The molecule has 4 aromatic rings. The normalized spacial score (nSPS) is 12.6. The minimum absolute atomic E-state index is 0.0485. The number of esters is 1. The molecule has 14 heteroatoms. The number of benzene rings is 2. The third-order valence-electron chi connectivity index (χ3n) is 7.84. The van der Waals surface area contributed by atoms with E-state index >= 15 is 0 Å². The zero-order valence-electron chi connectivity index (χ0n) is 27.1. The summed E-state index contributed by atoms with van der Waals surface area (Å²) in [7, 11) is 4.59. The van der Waals surface area contributed by atoms with Crippen molar-refractivity contribution in [1.82, 2.24) is 9.47 Å². The minimum Gasteiger partial charge on any atom is -0.493 e. The van der Waals surface area contributed by atoms with E-state index in [4.69, 9.17) is 14.2 Å². The van der Waals surface area contributed by atoms with Crippen molar-refractivity contribution in [3.63, 3.8) is 0 Å². The van der Waals surface area contributed by atoms with E-state index in [2.05, 4.69) is 28.6 Å². The van der Waals surface area contributed by atoms with Crippen LogP contribution >= 0.6 is 24.0 Å². The number of hydrogen-bond acceptors (Lipinski definition) is 10. The molecule has 0 saturated carbocycles. The van der Waals surface area contributed by atoms with Crippen LogP contribution in [0.25, 0.3) is 10.1 Å². The van der Waals surface area contributed by atoms with Gasteiger partial charge in [0.05, 0.1) is 37.8 Å². The molecule has 12 nitrogen and oxygen atoms in total. The molecular weight excluding hydrogens is 655 g/mol. The third kappa shape index (κ3) is 8.23.